The SMILES string of the molecule is C=CC(Cl)(Cl)Cl.Cl[SiH2]Cl. The lowest BCUT2D eigenvalue weighted by atomic mass is 10.7. The van der Waals surface area contributed by atoms with Gasteiger partial charge < -0.3 is 0 Å². The first-order valence-electron chi connectivity index (χ1n) is 1.80. The predicted molar refractivity (Wildman–Crippen MR) is 50.7 cm³/mol. The Labute approximate surface area is 81.3 Å². The summed E-state index contributed by atoms with van der Waals surface area (Å²) in [5.41, 5.74) is 0. The van der Waals surface area contributed by atoms with Crippen LogP contribution in [0.4, 0.5) is 0 Å². The van der Waals surface area contributed by atoms with Crippen LogP contribution in [0.3, 0.4) is 0 Å². The van der Waals surface area contributed by atoms with E-state index in [-0.39, 0.29) is 0 Å². The topological polar surface area (TPSA) is 0 Å². The Morgan fingerprint density at radius 2 is 1.33 bits per heavy atom. The van der Waals surface area contributed by atoms with Gasteiger partial charge in [0.05, 0.1) is 0 Å². The fraction of sp³-hybridized carbons (Fsp3) is 0.333. The van der Waals surface area contributed by atoms with Crippen molar-refractivity contribution >= 4 is 65.1 Å². The lowest BCUT2D eigenvalue weighted by Gasteiger charge is -1.97. The maximum atomic E-state index is 5.13. The molecule has 0 saturated heterocycles. The van der Waals surface area contributed by atoms with Crippen LogP contribution in [-0.2, 0) is 0 Å². The molecule has 0 aromatic rings. The second kappa shape index (κ2) is 7.51. The number of hydrogen-bond donors (Lipinski definition) is 0. The molecule has 0 N–H and O–H groups in total. The summed E-state index contributed by atoms with van der Waals surface area (Å²) in [7, 11) is -0.639. The van der Waals surface area contributed by atoms with E-state index in [0.29, 0.717) is 0 Å². The highest BCUT2D eigenvalue weighted by Gasteiger charge is 2.11. The van der Waals surface area contributed by atoms with E-state index in [1.165, 1.54) is 6.08 Å². The van der Waals surface area contributed by atoms with E-state index < -0.39 is 11.9 Å². The molecule has 0 saturated carbocycles. The van der Waals surface area contributed by atoms with Gasteiger partial charge in [0, 0.05) is 0 Å². The van der Waals surface area contributed by atoms with Crippen LogP contribution in [0.2, 0.25) is 0 Å². The first kappa shape index (κ1) is 13.0. The highest BCUT2D eigenvalue weighted by atomic mass is 35.7. The third-order valence-corrected chi connectivity index (χ3v) is 0.694. The molecule has 56 valence electrons. The van der Waals surface area contributed by atoms with Gasteiger partial charge in [0.25, 0.3) is 0 Å². The van der Waals surface area contributed by atoms with Crippen molar-refractivity contribution in [2.24, 2.45) is 0 Å². The number of halogens is 5. The normalized spacial score (nSPS) is 9.44. The number of hydrogen-bond acceptors (Lipinski definition) is 0. The van der Waals surface area contributed by atoms with Gasteiger partial charge in [0.1, 0.15) is 0 Å². The molecule has 0 atom stereocenters. The minimum atomic E-state index is -1.28. The van der Waals surface area contributed by atoms with Crippen molar-refractivity contribution in [3.63, 3.8) is 0 Å². The lowest BCUT2D eigenvalue weighted by molar-refractivity contribution is 1.48. The zero-order chi connectivity index (χ0) is 7.91. The van der Waals surface area contributed by atoms with Gasteiger partial charge >= 0.3 is 0 Å². The maximum Gasteiger partial charge on any atom is 0.222 e. The summed E-state index contributed by atoms with van der Waals surface area (Å²) < 4.78 is -1.28. The molecule has 0 amide bonds. The molecule has 0 aromatic heterocycles. The van der Waals surface area contributed by atoms with Crippen LogP contribution in [0.1, 0.15) is 0 Å². The summed E-state index contributed by atoms with van der Waals surface area (Å²) in [4.78, 5) is 0. The van der Waals surface area contributed by atoms with Gasteiger partial charge in [-0.1, -0.05) is 41.4 Å². The van der Waals surface area contributed by atoms with E-state index in [2.05, 4.69) is 6.58 Å². The van der Waals surface area contributed by atoms with Gasteiger partial charge in [0.15, 0.2) is 0 Å². The highest BCUT2D eigenvalue weighted by Crippen LogP contribution is 2.25. The standard InChI is InChI=1S/C3H3Cl3.Cl2H2Si/c1-2-3(4,5)6;1-3-2/h2H,1H2;3H2. The van der Waals surface area contributed by atoms with Crippen molar-refractivity contribution in [3.8, 4) is 0 Å². The quantitative estimate of drug-likeness (QED) is 0.267. The Kier molecular flexibility index (Phi) is 10.9. The molecule has 6 heteroatoms. The van der Waals surface area contributed by atoms with Crippen molar-refractivity contribution in [2.75, 3.05) is 0 Å². The van der Waals surface area contributed by atoms with Crippen LogP contribution >= 0.6 is 57.0 Å². The van der Waals surface area contributed by atoms with Crippen molar-refractivity contribution in [2.45, 2.75) is 3.79 Å². The Hall–Kier alpha value is 1.41. The maximum absolute atomic E-state index is 5.13. The van der Waals surface area contributed by atoms with E-state index >= 15 is 0 Å². The lowest BCUT2D eigenvalue weighted by Crippen LogP contribution is -1.91. The minimum absolute atomic E-state index is 0.639. The van der Waals surface area contributed by atoms with Gasteiger partial charge in [-0.2, -0.15) is 22.2 Å². The second-order valence-electron chi connectivity index (χ2n) is 0.847. The van der Waals surface area contributed by atoms with Gasteiger partial charge in [0.2, 0.25) is 11.9 Å². The molecule has 0 radical (unpaired) electrons. The smallest absolute Gasteiger partial charge is 0.155 e. The molecule has 0 aliphatic heterocycles. The molecule has 0 aromatic carbocycles. The molecule has 0 aliphatic rings. The molecule has 0 heterocycles. The molecule has 0 rings (SSSR count). The first-order chi connectivity index (χ1) is 3.97. The summed E-state index contributed by atoms with van der Waals surface area (Å²) in [5.74, 6) is 0. The van der Waals surface area contributed by atoms with Crippen molar-refractivity contribution in [3.05, 3.63) is 12.7 Å². The molecule has 0 aliphatic carbocycles. The average Bonchev–Trinajstić information content (AvgIpc) is 1.67. The van der Waals surface area contributed by atoms with Crippen LogP contribution in [0.15, 0.2) is 12.7 Å². The van der Waals surface area contributed by atoms with Gasteiger partial charge in [-0.3, -0.25) is 0 Å². The number of rotatable bonds is 0. The van der Waals surface area contributed by atoms with Gasteiger partial charge in [-0.05, 0) is 6.08 Å². The fourth-order valence-electron chi connectivity index (χ4n) is 0. The van der Waals surface area contributed by atoms with E-state index in [1.54, 1.807) is 0 Å². The monoisotopic (exact) mass is 244 g/mol. The van der Waals surface area contributed by atoms with Gasteiger partial charge in [-0.15, -0.1) is 0 Å². The molecule has 0 nitrogen and oxygen atoms in total. The third kappa shape index (κ3) is 26.6. The Morgan fingerprint density at radius 3 is 1.33 bits per heavy atom. The Bertz CT molecular complexity index is 67.1. The third-order valence-electron chi connectivity index (χ3n) is 0.231. The van der Waals surface area contributed by atoms with Crippen LogP contribution < -0.4 is 0 Å². The van der Waals surface area contributed by atoms with E-state index in [1.807, 2.05) is 0 Å². The second-order valence-corrected chi connectivity index (χ2v) is 5.84. The highest BCUT2D eigenvalue weighted by molar-refractivity contribution is 7.22. The Morgan fingerprint density at radius 1 is 1.22 bits per heavy atom. The first-order valence-corrected chi connectivity index (χ1v) is 7.21. The van der Waals surface area contributed by atoms with Crippen LogP contribution in [0, 0.1) is 0 Å². The number of alkyl halides is 3. The molecule has 0 bridgehead atoms. The van der Waals surface area contributed by atoms with Crippen molar-refractivity contribution in [1.82, 2.24) is 0 Å². The van der Waals surface area contributed by atoms with Crippen LogP contribution in [-0.4, -0.2) is 11.9 Å². The summed E-state index contributed by atoms with van der Waals surface area (Å²) in [5, 5.41) is 0. The molecule has 0 unspecified atom stereocenters. The predicted octanol–water partition coefficient (Wildman–Crippen LogP) is 3.01. The molecular weight excluding hydrogens is 241 g/mol. The summed E-state index contributed by atoms with van der Waals surface area (Å²) in [6.45, 7) is 3.24. The molecule has 0 fully saturated rings. The van der Waals surface area contributed by atoms with Crippen LogP contribution in [0.25, 0.3) is 0 Å². The zero-order valence-electron chi connectivity index (χ0n) is 4.38. The van der Waals surface area contributed by atoms with Crippen molar-refractivity contribution in [1.29, 1.82) is 0 Å². The van der Waals surface area contributed by atoms with Crippen LogP contribution in [0.5, 0.6) is 0 Å². The van der Waals surface area contributed by atoms with Gasteiger partial charge in [-0.25, -0.2) is 0 Å². The Balaban J connectivity index is 0. The summed E-state index contributed by atoms with van der Waals surface area (Å²) >= 11 is 25.2. The van der Waals surface area contributed by atoms with E-state index in [4.69, 9.17) is 57.0 Å². The van der Waals surface area contributed by atoms with Crippen molar-refractivity contribution < 1.29 is 0 Å². The summed E-state index contributed by atoms with van der Waals surface area (Å²) in [6.07, 6.45) is 1.23. The number of allylic oxidation sites excluding steroid dienone is 1. The minimum Gasteiger partial charge on any atom is -0.155 e. The fourth-order valence-corrected chi connectivity index (χ4v) is 0. The molecular formula is C3H5Cl5Si. The zero-order valence-corrected chi connectivity index (χ0v) is 9.58. The summed E-state index contributed by atoms with van der Waals surface area (Å²) in [6, 6.07) is 0. The van der Waals surface area contributed by atoms with E-state index in [0.717, 1.165) is 0 Å². The van der Waals surface area contributed by atoms with E-state index in [9.17, 15) is 0 Å². The average molecular weight is 246 g/mol. The largest absolute Gasteiger partial charge is 0.222 e. The molecule has 0 spiro atoms. The molecule has 9 heavy (non-hydrogen) atoms.